The van der Waals surface area contributed by atoms with E-state index >= 15 is 0 Å². The Kier molecular flexibility index (Phi) is 5.07. The minimum Gasteiger partial charge on any atom is -0.368 e. The normalized spacial score (nSPS) is 12.9. The summed E-state index contributed by atoms with van der Waals surface area (Å²) in [4.78, 5) is 15.5. The molecule has 2 heterocycles. The molecule has 0 amide bonds. The zero-order valence-corrected chi connectivity index (χ0v) is 13.6. The van der Waals surface area contributed by atoms with Crippen molar-refractivity contribution in [3.63, 3.8) is 0 Å². The first-order chi connectivity index (χ1) is 10.0. The van der Waals surface area contributed by atoms with E-state index in [4.69, 9.17) is 0 Å². The number of likely N-dealkylation sites (N-methyl/N-ethyl adjacent to an activating group) is 1. The number of pyridine rings is 1. The van der Waals surface area contributed by atoms with Crippen LogP contribution in [0.4, 0.5) is 5.82 Å². The maximum absolute atomic E-state index is 4.49. The fourth-order valence-corrected chi connectivity index (χ4v) is 2.63. The van der Waals surface area contributed by atoms with Gasteiger partial charge in [-0.15, -0.1) is 0 Å². The molecule has 0 saturated heterocycles. The van der Waals surface area contributed by atoms with E-state index in [1.165, 1.54) is 12.8 Å². The SMILES string of the molecule is CCC[C@@H](CNc1ncnc2nc(C)cc(C)c12)N(C)C. The molecule has 2 rings (SSSR count). The van der Waals surface area contributed by atoms with Gasteiger partial charge in [0.15, 0.2) is 5.65 Å². The van der Waals surface area contributed by atoms with Crippen molar-refractivity contribution in [2.24, 2.45) is 0 Å². The van der Waals surface area contributed by atoms with E-state index in [0.29, 0.717) is 6.04 Å². The molecule has 114 valence electrons. The van der Waals surface area contributed by atoms with Crippen molar-refractivity contribution in [2.75, 3.05) is 26.0 Å². The van der Waals surface area contributed by atoms with Gasteiger partial charge in [0.25, 0.3) is 0 Å². The number of aromatic nitrogens is 3. The summed E-state index contributed by atoms with van der Waals surface area (Å²) >= 11 is 0. The van der Waals surface area contributed by atoms with Crippen molar-refractivity contribution in [3.8, 4) is 0 Å². The Labute approximate surface area is 126 Å². The van der Waals surface area contributed by atoms with Crippen LogP contribution in [-0.4, -0.2) is 46.5 Å². The summed E-state index contributed by atoms with van der Waals surface area (Å²) in [6.45, 7) is 7.17. The van der Waals surface area contributed by atoms with E-state index in [9.17, 15) is 0 Å². The second-order valence-electron chi connectivity index (χ2n) is 5.79. The van der Waals surface area contributed by atoms with Crippen molar-refractivity contribution in [2.45, 2.75) is 39.7 Å². The molecule has 0 unspecified atom stereocenters. The van der Waals surface area contributed by atoms with Crippen LogP contribution >= 0.6 is 0 Å². The lowest BCUT2D eigenvalue weighted by Gasteiger charge is -2.24. The maximum atomic E-state index is 4.49. The third kappa shape index (κ3) is 3.67. The molecule has 1 N–H and O–H groups in total. The molecule has 2 aromatic rings. The molecule has 0 fully saturated rings. The monoisotopic (exact) mass is 287 g/mol. The van der Waals surface area contributed by atoms with Crippen LogP contribution in [0.15, 0.2) is 12.4 Å². The molecule has 0 saturated carbocycles. The largest absolute Gasteiger partial charge is 0.368 e. The number of hydrogen-bond donors (Lipinski definition) is 1. The van der Waals surface area contributed by atoms with Crippen LogP contribution in [-0.2, 0) is 0 Å². The highest BCUT2D eigenvalue weighted by atomic mass is 15.1. The van der Waals surface area contributed by atoms with E-state index < -0.39 is 0 Å². The Balaban J connectivity index is 2.26. The van der Waals surface area contributed by atoms with Crippen molar-refractivity contribution in [1.82, 2.24) is 19.9 Å². The summed E-state index contributed by atoms with van der Waals surface area (Å²) in [7, 11) is 4.24. The number of nitrogens with zero attached hydrogens (tertiary/aromatic N) is 4. The third-order valence-electron chi connectivity index (χ3n) is 3.79. The van der Waals surface area contributed by atoms with Crippen molar-refractivity contribution >= 4 is 16.9 Å². The molecule has 1 atom stereocenters. The molecule has 0 aliphatic carbocycles. The Morgan fingerprint density at radius 1 is 1.24 bits per heavy atom. The van der Waals surface area contributed by atoms with Gasteiger partial charge in [-0.1, -0.05) is 13.3 Å². The Bertz CT molecular complexity index is 609. The van der Waals surface area contributed by atoms with Crippen LogP contribution in [0.25, 0.3) is 11.0 Å². The minimum absolute atomic E-state index is 0.499. The highest BCUT2D eigenvalue weighted by molar-refractivity contribution is 5.89. The topological polar surface area (TPSA) is 53.9 Å². The summed E-state index contributed by atoms with van der Waals surface area (Å²) in [5.41, 5.74) is 2.92. The molecular weight excluding hydrogens is 262 g/mol. The number of anilines is 1. The zero-order valence-electron chi connectivity index (χ0n) is 13.6. The third-order valence-corrected chi connectivity index (χ3v) is 3.79. The van der Waals surface area contributed by atoms with Crippen LogP contribution in [0.1, 0.15) is 31.0 Å². The lowest BCUT2D eigenvalue weighted by atomic mass is 10.1. The summed E-state index contributed by atoms with van der Waals surface area (Å²) in [6, 6.07) is 2.57. The molecule has 0 bridgehead atoms. The van der Waals surface area contributed by atoms with E-state index in [0.717, 1.165) is 34.7 Å². The van der Waals surface area contributed by atoms with Crippen molar-refractivity contribution in [1.29, 1.82) is 0 Å². The van der Waals surface area contributed by atoms with Gasteiger partial charge in [-0.3, -0.25) is 0 Å². The summed E-state index contributed by atoms with van der Waals surface area (Å²) in [5.74, 6) is 0.882. The number of hydrogen-bond acceptors (Lipinski definition) is 5. The quantitative estimate of drug-likeness (QED) is 0.885. The summed E-state index contributed by atoms with van der Waals surface area (Å²) < 4.78 is 0. The smallest absolute Gasteiger partial charge is 0.165 e. The maximum Gasteiger partial charge on any atom is 0.165 e. The number of fused-ring (bicyclic) bond motifs is 1. The fourth-order valence-electron chi connectivity index (χ4n) is 2.63. The molecule has 5 nitrogen and oxygen atoms in total. The Morgan fingerprint density at radius 2 is 2.00 bits per heavy atom. The van der Waals surface area contributed by atoms with Gasteiger partial charge in [-0.2, -0.15) is 0 Å². The molecule has 0 aliphatic heterocycles. The van der Waals surface area contributed by atoms with Crippen LogP contribution in [0.3, 0.4) is 0 Å². The average Bonchev–Trinajstić information content (AvgIpc) is 2.42. The van der Waals surface area contributed by atoms with Crippen LogP contribution in [0.2, 0.25) is 0 Å². The molecule has 0 aromatic carbocycles. The first kappa shape index (κ1) is 15.6. The second kappa shape index (κ2) is 6.80. The molecule has 0 spiro atoms. The van der Waals surface area contributed by atoms with Gasteiger partial charge in [-0.25, -0.2) is 15.0 Å². The Hall–Kier alpha value is -1.75. The molecular formula is C16H25N5. The highest BCUT2D eigenvalue weighted by Gasteiger charge is 2.13. The molecule has 5 heteroatoms. The summed E-state index contributed by atoms with van der Waals surface area (Å²) in [6.07, 6.45) is 3.93. The first-order valence-corrected chi connectivity index (χ1v) is 7.52. The molecule has 21 heavy (non-hydrogen) atoms. The zero-order chi connectivity index (χ0) is 15.4. The number of rotatable bonds is 6. The van der Waals surface area contributed by atoms with Crippen molar-refractivity contribution in [3.05, 3.63) is 23.7 Å². The van der Waals surface area contributed by atoms with Crippen molar-refractivity contribution < 1.29 is 0 Å². The predicted octanol–water partition coefficient (Wildman–Crippen LogP) is 2.78. The summed E-state index contributed by atoms with van der Waals surface area (Å²) in [5, 5.41) is 4.51. The minimum atomic E-state index is 0.499. The molecule has 0 aliphatic rings. The predicted molar refractivity (Wildman–Crippen MR) is 87.7 cm³/mol. The van der Waals surface area contributed by atoms with Gasteiger partial charge in [0.05, 0.1) is 5.39 Å². The first-order valence-electron chi connectivity index (χ1n) is 7.52. The van der Waals surface area contributed by atoms with Gasteiger partial charge in [0, 0.05) is 18.3 Å². The van der Waals surface area contributed by atoms with Gasteiger partial charge >= 0.3 is 0 Å². The van der Waals surface area contributed by atoms with E-state index in [1.54, 1.807) is 6.33 Å². The Morgan fingerprint density at radius 3 is 2.67 bits per heavy atom. The average molecular weight is 287 g/mol. The highest BCUT2D eigenvalue weighted by Crippen LogP contribution is 2.22. The number of aryl methyl sites for hydroxylation is 2. The second-order valence-corrected chi connectivity index (χ2v) is 5.79. The van der Waals surface area contributed by atoms with Gasteiger partial charge in [0.2, 0.25) is 0 Å². The lowest BCUT2D eigenvalue weighted by Crippen LogP contribution is -2.34. The van der Waals surface area contributed by atoms with Crippen LogP contribution in [0.5, 0.6) is 0 Å². The van der Waals surface area contributed by atoms with Crippen LogP contribution in [0, 0.1) is 13.8 Å². The van der Waals surface area contributed by atoms with E-state index in [1.807, 2.05) is 6.92 Å². The van der Waals surface area contributed by atoms with Crippen LogP contribution < -0.4 is 5.32 Å². The van der Waals surface area contributed by atoms with Gasteiger partial charge in [-0.05, 0) is 46.0 Å². The van der Waals surface area contributed by atoms with E-state index in [2.05, 4.69) is 59.2 Å². The standard InChI is InChI=1S/C16H25N5/c1-6-7-13(21(4)5)9-17-15-14-11(2)8-12(3)20-16(14)19-10-18-15/h8,10,13H,6-7,9H2,1-5H3,(H,17,18,19,20)/t13-/m0/s1. The molecule has 2 aromatic heterocycles. The lowest BCUT2D eigenvalue weighted by molar-refractivity contribution is 0.288. The van der Waals surface area contributed by atoms with Gasteiger partial charge < -0.3 is 10.2 Å². The number of nitrogens with one attached hydrogen (secondary N) is 1. The fraction of sp³-hybridized carbons (Fsp3) is 0.562. The van der Waals surface area contributed by atoms with Gasteiger partial charge in [0.1, 0.15) is 12.1 Å². The molecule has 0 radical (unpaired) electrons. The van der Waals surface area contributed by atoms with E-state index in [-0.39, 0.29) is 0 Å².